The number of halogens is 4. The predicted octanol–water partition coefficient (Wildman–Crippen LogP) is 5.99. The fourth-order valence-electron chi connectivity index (χ4n) is 3.85. The van der Waals surface area contributed by atoms with Crippen LogP contribution < -0.4 is 4.74 Å². The normalized spacial score (nSPS) is 16.8. The zero-order chi connectivity index (χ0) is 25.8. The summed E-state index contributed by atoms with van der Waals surface area (Å²) in [6.07, 6.45) is -2.53. The van der Waals surface area contributed by atoms with Gasteiger partial charge in [0.2, 0.25) is 0 Å². The number of piperidine rings is 1. The van der Waals surface area contributed by atoms with Crippen LogP contribution in [0, 0.1) is 5.92 Å². The standard InChI is InChI=1S/C24H29ClF3N3O4/c1-23(2,3)35-22(32)31-9-5-6-15(13-31)10-17-7-8-19(30-29-17)21-18(25)11-16(24(26,27)28)12-20(21)34-14-33-4/h7-8,11-12,15H,5-6,9-10,13-14H2,1-4H3. The molecule has 1 aliphatic heterocycles. The molecule has 2 aromatic rings. The predicted molar refractivity (Wildman–Crippen MR) is 124 cm³/mol. The summed E-state index contributed by atoms with van der Waals surface area (Å²) >= 11 is 6.20. The van der Waals surface area contributed by atoms with Crippen molar-refractivity contribution in [1.29, 1.82) is 0 Å². The van der Waals surface area contributed by atoms with Crippen molar-refractivity contribution in [3.8, 4) is 17.0 Å². The molecule has 0 spiro atoms. The van der Waals surface area contributed by atoms with Gasteiger partial charge in [-0.15, -0.1) is 0 Å². The third kappa shape index (κ3) is 7.44. The van der Waals surface area contributed by atoms with E-state index in [4.69, 9.17) is 25.8 Å². The molecule has 3 rings (SSSR count). The zero-order valence-electron chi connectivity index (χ0n) is 20.1. The number of hydrogen-bond acceptors (Lipinski definition) is 6. The Morgan fingerprint density at radius 3 is 2.54 bits per heavy atom. The Bertz CT molecular complexity index is 1030. The molecule has 11 heteroatoms. The molecule has 1 aromatic heterocycles. The molecule has 1 aliphatic rings. The third-order valence-electron chi connectivity index (χ3n) is 5.36. The van der Waals surface area contributed by atoms with E-state index in [0.717, 1.165) is 25.0 Å². The van der Waals surface area contributed by atoms with Crippen molar-refractivity contribution in [1.82, 2.24) is 15.1 Å². The van der Waals surface area contributed by atoms with Crippen molar-refractivity contribution in [2.45, 2.75) is 51.8 Å². The van der Waals surface area contributed by atoms with Gasteiger partial charge in [0, 0.05) is 20.2 Å². The highest BCUT2D eigenvalue weighted by Crippen LogP contribution is 2.41. The first-order valence-corrected chi connectivity index (χ1v) is 11.6. The number of ether oxygens (including phenoxy) is 3. The van der Waals surface area contributed by atoms with Crippen LogP contribution in [0.4, 0.5) is 18.0 Å². The van der Waals surface area contributed by atoms with Crippen LogP contribution in [0.2, 0.25) is 5.02 Å². The first-order chi connectivity index (χ1) is 16.4. The molecule has 1 amide bonds. The Balaban J connectivity index is 1.76. The summed E-state index contributed by atoms with van der Waals surface area (Å²) in [4.78, 5) is 14.1. The molecule has 1 fully saturated rings. The van der Waals surface area contributed by atoms with Gasteiger partial charge < -0.3 is 19.1 Å². The number of methoxy groups -OCH3 is 1. The first kappa shape index (κ1) is 27.0. The second-order valence-electron chi connectivity index (χ2n) is 9.43. The van der Waals surface area contributed by atoms with Gasteiger partial charge in [0.05, 0.1) is 27.5 Å². The molecule has 1 unspecified atom stereocenters. The summed E-state index contributed by atoms with van der Waals surface area (Å²) in [6, 6.07) is 5.09. The molecular formula is C24H29ClF3N3O4. The monoisotopic (exact) mass is 515 g/mol. The van der Waals surface area contributed by atoms with E-state index < -0.39 is 17.3 Å². The number of aromatic nitrogens is 2. The maximum Gasteiger partial charge on any atom is 0.416 e. The maximum atomic E-state index is 13.2. The average molecular weight is 516 g/mol. The van der Waals surface area contributed by atoms with E-state index in [2.05, 4.69) is 10.2 Å². The van der Waals surface area contributed by atoms with Gasteiger partial charge in [-0.3, -0.25) is 0 Å². The summed E-state index contributed by atoms with van der Waals surface area (Å²) in [5.41, 5.74) is -0.320. The molecular weight excluding hydrogens is 487 g/mol. The molecule has 1 atom stereocenters. The summed E-state index contributed by atoms with van der Waals surface area (Å²) in [7, 11) is 1.36. The topological polar surface area (TPSA) is 73.8 Å². The smallest absolute Gasteiger partial charge is 0.416 e. The molecule has 1 aromatic carbocycles. The van der Waals surface area contributed by atoms with Crippen molar-refractivity contribution in [3.05, 3.63) is 40.5 Å². The summed E-state index contributed by atoms with van der Waals surface area (Å²) in [5, 5.41) is 8.30. The molecule has 1 saturated heterocycles. The second kappa shape index (κ2) is 11.0. The summed E-state index contributed by atoms with van der Waals surface area (Å²) < 4.78 is 55.4. The van der Waals surface area contributed by atoms with E-state index in [9.17, 15) is 18.0 Å². The number of carbonyl (C=O) groups is 1. The van der Waals surface area contributed by atoms with Crippen LogP contribution in [-0.2, 0) is 22.1 Å². The van der Waals surface area contributed by atoms with Gasteiger partial charge in [-0.1, -0.05) is 11.6 Å². The van der Waals surface area contributed by atoms with Gasteiger partial charge in [-0.05, 0) is 70.2 Å². The van der Waals surface area contributed by atoms with Gasteiger partial charge >= 0.3 is 12.3 Å². The number of likely N-dealkylation sites (tertiary alicyclic amines) is 1. The van der Waals surface area contributed by atoms with Crippen LogP contribution in [0.5, 0.6) is 5.75 Å². The lowest BCUT2D eigenvalue weighted by Gasteiger charge is -2.34. The number of amides is 1. The van der Waals surface area contributed by atoms with Gasteiger partial charge in [-0.25, -0.2) is 4.79 Å². The van der Waals surface area contributed by atoms with Gasteiger partial charge in [0.25, 0.3) is 0 Å². The summed E-state index contributed by atoms with van der Waals surface area (Å²) in [6.45, 7) is 6.44. The van der Waals surface area contributed by atoms with Crippen LogP contribution in [0.25, 0.3) is 11.3 Å². The van der Waals surface area contributed by atoms with E-state index in [0.29, 0.717) is 25.2 Å². The Labute approximate surface area is 207 Å². The van der Waals surface area contributed by atoms with E-state index >= 15 is 0 Å². The molecule has 0 radical (unpaired) electrons. The van der Waals surface area contributed by atoms with E-state index in [1.165, 1.54) is 7.11 Å². The lowest BCUT2D eigenvalue weighted by atomic mass is 9.93. The molecule has 2 heterocycles. The molecule has 0 saturated carbocycles. The van der Waals surface area contributed by atoms with Gasteiger partial charge in [-0.2, -0.15) is 23.4 Å². The minimum absolute atomic E-state index is 0.103. The van der Waals surface area contributed by atoms with E-state index in [1.54, 1.807) is 17.0 Å². The number of nitrogens with zero attached hydrogens (tertiary/aromatic N) is 3. The van der Waals surface area contributed by atoms with E-state index in [-0.39, 0.29) is 40.8 Å². The fourth-order valence-corrected chi connectivity index (χ4v) is 4.16. The SMILES string of the molecule is COCOc1cc(C(F)(F)F)cc(Cl)c1-c1ccc(CC2CCCN(C(=O)OC(C)(C)C)C2)nn1. The van der Waals surface area contributed by atoms with Crippen molar-refractivity contribution >= 4 is 17.7 Å². The Kier molecular flexibility index (Phi) is 8.48. The summed E-state index contributed by atoms with van der Waals surface area (Å²) in [5.74, 6) is 0.0840. The van der Waals surface area contributed by atoms with Crippen LogP contribution in [-0.4, -0.2) is 53.8 Å². The van der Waals surface area contributed by atoms with Crippen molar-refractivity contribution in [3.63, 3.8) is 0 Å². The number of hydrogen-bond donors (Lipinski definition) is 0. The molecule has 0 aliphatic carbocycles. The van der Waals surface area contributed by atoms with Crippen LogP contribution in [0.15, 0.2) is 24.3 Å². The third-order valence-corrected chi connectivity index (χ3v) is 5.66. The van der Waals surface area contributed by atoms with Crippen LogP contribution >= 0.6 is 11.6 Å². The zero-order valence-corrected chi connectivity index (χ0v) is 20.9. The first-order valence-electron chi connectivity index (χ1n) is 11.2. The minimum Gasteiger partial charge on any atom is -0.467 e. The number of benzene rings is 1. The van der Waals surface area contributed by atoms with Crippen LogP contribution in [0.3, 0.4) is 0 Å². The Morgan fingerprint density at radius 1 is 1.20 bits per heavy atom. The largest absolute Gasteiger partial charge is 0.467 e. The lowest BCUT2D eigenvalue weighted by Crippen LogP contribution is -2.43. The highest BCUT2D eigenvalue weighted by atomic mass is 35.5. The van der Waals surface area contributed by atoms with Gasteiger partial charge in [0.15, 0.2) is 6.79 Å². The Hall–Kier alpha value is -2.59. The molecule has 192 valence electrons. The minimum atomic E-state index is -4.59. The van der Waals surface area contributed by atoms with Crippen molar-refractivity contribution in [2.24, 2.45) is 5.92 Å². The molecule has 35 heavy (non-hydrogen) atoms. The fraction of sp³-hybridized carbons (Fsp3) is 0.542. The van der Waals surface area contributed by atoms with Gasteiger partial charge in [0.1, 0.15) is 11.4 Å². The highest BCUT2D eigenvalue weighted by Gasteiger charge is 2.33. The average Bonchev–Trinajstić information content (AvgIpc) is 2.76. The number of carbonyl (C=O) groups excluding carboxylic acids is 1. The molecule has 0 N–H and O–H groups in total. The molecule has 0 bridgehead atoms. The van der Waals surface area contributed by atoms with Crippen LogP contribution in [0.1, 0.15) is 44.9 Å². The number of alkyl halides is 3. The maximum absolute atomic E-state index is 13.2. The highest BCUT2D eigenvalue weighted by molar-refractivity contribution is 6.33. The lowest BCUT2D eigenvalue weighted by molar-refractivity contribution is -0.137. The van der Waals surface area contributed by atoms with E-state index in [1.807, 2.05) is 20.8 Å². The van der Waals surface area contributed by atoms with Crippen molar-refractivity contribution in [2.75, 3.05) is 27.0 Å². The quantitative estimate of drug-likeness (QED) is 0.440. The Morgan fingerprint density at radius 2 is 1.94 bits per heavy atom. The second-order valence-corrected chi connectivity index (χ2v) is 9.84. The number of rotatable bonds is 6. The molecule has 7 nitrogen and oxygen atoms in total. The van der Waals surface area contributed by atoms with Crippen molar-refractivity contribution < 1.29 is 32.2 Å².